The quantitative estimate of drug-likeness (QED) is 0.574. The van der Waals surface area contributed by atoms with Crippen LogP contribution in [0.1, 0.15) is 40.0 Å². The molecule has 1 heteroatoms. The molecule has 0 aliphatic heterocycles. The summed E-state index contributed by atoms with van der Waals surface area (Å²) in [6, 6.07) is 0. The second-order valence-corrected chi connectivity index (χ2v) is 5.88. The molecule has 0 radical (unpaired) electrons. The van der Waals surface area contributed by atoms with Crippen molar-refractivity contribution in [3.05, 3.63) is 11.1 Å². The largest absolute Gasteiger partial charge is 0.295 e. The summed E-state index contributed by atoms with van der Waals surface area (Å²) >= 11 is 0. The van der Waals surface area contributed by atoms with Crippen molar-refractivity contribution < 1.29 is 4.79 Å². The summed E-state index contributed by atoms with van der Waals surface area (Å²) in [4.78, 5) is 11.6. The summed E-state index contributed by atoms with van der Waals surface area (Å²) in [6.45, 7) is 6.83. The van der Waals surface area contributed by atoms with Gasteiger partial charge in [-0.15, -0.1) is 0 Å². The van der Waals surface area contributed by atoms with Crippen LogP contribution in [-0.2, 0) is 4.79 Å². The van der Waals surface area contributed by atoms with Crippen LogP contribution in [0.25, 0.3) is 0 Å². The minimum atomic E-state index is 0.412. The Kier molecular flexibility index (Phi) is 1.44. The van der Waals surface area contributed by atoms with Gasteiger partial charge < -0.3 is 0 Å². The second-order valence-electron chi connectivity index (χ2n) is 5.88. The van der Waals surface area contributed by atoms with Crippen LogP contribution < -0.4 is 0 Å². The smallest absolute Gasteiger partial charge is 0.158 e. The molecule has 0 bridgehead atoms. The van der Waals surface area contributed by atoms with Gasteiger partial charge in [0.25, 0.3) is 0 Å². The van der Waals surface area contributed by atoms with Gasteiger partial charge >= 0.3 is 0 Å². The van der Waals surface area contributed by atoms with E-state index in [1.807, 2.05) is 6.92 Å². The number of hydrogen-bond donors (Lipinski definition) is 0. The number of carbonyl (C=O) groups is 1. The lowest BCUT2D eigenvalue weighted by molar-refractivity contribution is -0.116. The van der Waals surface area contributed by atoms with Crippen molar-refractivity contribution in [2.75, 3.05) is 0 Å². The molecule has 0 heterocycles. The molecule has 14 heavy (non-hydrogen) atoms. The third-order valence-electron chi connectivity index (χ3n) is 5.04. The van der Waals surface area contributed by atoms with E-state index in [-0.39, 0.29) is 0 Å². The van der Waals surface area contributed by atoms with Crippen LogP contribution in [0.3, 0.4) is 0 Å². The van der Waals surface area contributed by atoms with Crippen LogP contribution in [0.4, 0.5) is 0 Å². The van der Waals surface area contributed by atoms with E-state index < -0.39 is 0 Å². The Bertz CT molecular complexity index is 348. The van der Waals surface area contributed by atoms with E-state index >= 15 is 0 Å². The van der Waals surface area contributed by atoms with Crippen LogP contribution >= 0.6 is 0 Å². The SMILES string of the molecule is CC1=C2C[C@@H]3[C@H](C2CCC1=O)C3(C)C. The summed E-state index contributed by atoms with van der Waals surface area (Å²) in [6.07, 6.45) is 3.16. The highest BCUT2D eigenvalue weighted by atomic mass is 16.1. The molecule has 0 amide bonds. The van der Waals surface area contributed by atoms with Crippen LogP contribution in [0.2, 0.25) is 0 Å². The highest BCUT2D eigenvalue weighted by molar-refractivity contribution is 5.96. The standard InChI is InChI=1S/C13H18O/c1-7-9-6-10-12(13(10,2)3)8(9)4-5-11(7)14/h8,10,12H,4-6H2,1-3H3/t8?,10-,12+/m1/s1. The Balaban J connectivity index is 1.98. The number of carbonyl (C=O) groups excluding carboxylic acids is 1. The lowest BCUT2D eigenvalue weighted by Crippen LogP contribution is -2.20. The van der Waals surface area contributed by atoms with Gasteiger partial charge in [0.15, 0.2) is 5.78 Å². The average Bonchev–Trinajstić information content (AvgIpc) is 2.56. The Labute approximate surface area is 85.6 Å². The molecule has 3 aliphatic carbocycles. The fourth-order valence-electron chi connectivity index (χ4n) is 4.02. The molecule has 3 atom stereocenters. The van der Waals surface area contributed by atoms with Gasteiger partial charge in [0.2, 0.25) is 0 Å². The van der Waals surface area contributed by atoms with Crippen molar-refractivity contribution in [3.8, 4) is 0 Å². The summed E-state index contributed by atoms with van der Waals surface area (Å²) < 4.78 is 0. The minimum absolute atomic E-state index is 0.412. The molecule has 1 unspecified atom stereocenters. The van der Waals surface area contributed by atoms with Crippen LogP contribution in [-0.4, -0.2) is 5.78 Å². The molecule has 1 nitrogen and oxygen atoms in total. The van der Waals surface area contributed by atoms with Gasteiger partial charge in [0.05, 0.1) is 0 Å². The fourth-order valence-corrected chi connectivity index (χ4v) is 4.02. The number of fused-ring (bicyclic) bond motifs is 3. The molecule has 2 fully saturated rings. The zero-order chi connectivity index (χ0) is 10.1. The maximum atomic E-state index is 11.6. The monoisotopic (exact) mass is 190 g/mol. The minimum Gasteiger partial charge on any atom is -0.295 e. The Morgan fingerprint density at radius 1 is 1.36 bits per heavy atom. The van der Waals surface area contributed by atoms with Gasteiger partial charge in [-0.3, -0.25) is 4.79 Å². The first kappa shape index (κ1) is 8.70. The summed E-state index contributed by atoms with van der Waals surface area (Å²) in [5, 5.41) is 0. The number of Topliss-reactive ketones (excluding diaryl/α,β-unsaturated/α-hetero) is 1. The van der Waals surface area contributed by atoms with E-state index in [4.69, 9.17) is 0 Å². The molecule has 0 spiro atoms. The number of hydrogen-bond acceptors (Lipinski definition) is 1. The van der Waals surface area contributed by atoms with Crippen molar-refractivity contribution >= 4 is 5.78 Å². The van der Waals surface area contributed by atoms with Gasteiger partial charge in [-0.1, -0.05) is 19.4 Å². The number of allylic oxidation sites excluding steroid dienone is 2. The molecule has 3 aliphatic rings. The van der Waals surface area contributed by atoms with E-state index in [0.29, 0.717) is 11.2 Å². The fraction of sp³-hybridized carbons (Fsp3) is 0.769. The predicted molar refractivity (Wildman–Crippen MR) is 55.8 cm³/mol. The summed E-state index contributed by atoms with van der Waals surface area (Å²) in [5.41, 5.74) is 3.22. The summed E-state index contributed by atoms with van der Waals surface area (Å²) in [5.74, 6) is 2.98. The van der Waals surface area contributed by atoms with Crippen molar-refractivity contribution in [3.63, 3.8) is 0 Å². The molecule has 76 valence electrons. The van der Waals surface area contributed by atoms with Crippen LogP contribution in [0, 0.1) is 23.2 Å². The van der Waals surface area contributed by atoms with Gasteiger partial charge in [-0.25, -0.2) is 0 Å². The Morgan fingerprint density at radius 2 is 2.07 bits per heavy atom. The van der Waals surface area contributed by atoms with Gasteiger partial charge in [0, 0.05) is 6.42 Å². The van der Waals surface area contributed by atoms with Gasteiger partial charge in [-0.2, -0.15) is 0 Å². The molecular formula is C13H18O. The highest BCUT2D eigenvalue weighted by Gasteiger charge is 2.65. The molecular weight excluding hydrogens is 172 g/mol. The first-order valence-electron chi connectivity index (χ1n) is 5.76. The molecule has 0 aromatic heterocycles. The third kappa shape index (κ3) is 0.838. The normalized spacial score (nSPS) is 43.6. The highest BCUT2D eigenvalue weighted by Crippen LogP contribution is 2.72. The number of ketones is 1. The zero-order valence-electron chi connectivity index (χ0n) is 9.26. The van der Waals surface area contributed by atoms with E-state index in [0.717, 1.165) is 36.2 Å². The molecule has 3 rings (SSSR count). The maximum absolute atomic E-state index is 11.6. The van der Waals surface area contributed by atoms with Gasteiger partial charge in [0.1, 0.15) is 0 Å². The van der Waals surface area contributed by atoms with Crippen molar-refractivity contribution in [1.82, 2.24) is 0 Å². The first-order valence-corrected chi connectivity index (χ1v) is 5.76. The molecule has 0 saturated heterocycles. The molecule has 2 saturated carbocycles. The second kappa shape index (κ2) is 2.32. The Hall–Kier alpha value is -0.590. The van der Waals surface area contributed by atoms with Crippen LogP contribution in [0.5, 0.6) is 0 Å². The lowest BCUT2D eigenvalue weighted by Gasteiger charge is -2.26. The summed E-state index contributed by atoms with van der Waals surface area (Å²) in [7, 11) is 0. The molecule has 0 aromatic carbocycles. The van der Waals surface area contributed by atoms with Crippen LogP contribution in [0.15, 0.2) is 11.1 Å². The van der Waals surface area contributed by atoms with E-state index in [9.17, 15) is 4.79 Å². The third-order valence-corrected chi connectivity index (χ3v) is 5.04. The van der Waals surface area contributed by atoms with Crippen molar-refractivity contribution in [2.45, 2.75) is 40.0 Å². The van der Waals surface area contributed by atoms with Crippen molar-refractivity contribution in [1.29, 1.82) is 0 Å². The lowest BCUT2D eigenvalue weighted by atomic mass is 9.78. The number of rotatable bonds is 0. The predicted octanol–water partition coefficient (Wildman–Crippen LogP) is 2.96. The Morgan fingerprint density at radius 3 is 2.79 bits per heavy atom. The maximum Gasteiger partial charge on any atom is 0.158 e. The zero-order valence-corrected chi connectivity index (χ0v) is 9.26. The first-order chi connectivity index (χ1) is 6.53. The van der Waals surface area contributed by atoms with Gasteiger partial charge in [-0.05, 0) is 48.5 Å². The average molecular weight is 190 g/mol. The van der Waals surface area contributed by atoms with E-state index in [1.54, 1.807) is 0 Å². The molecule has 0 aromatic rings. The van der Waals surface area contributed by atoms with Crippen molar-refractivity contribution in [2.24, 2.45) is 23.2 Å². The molecule has 0 N–H and O–H groups in total. The van der Waals surface area contributed by atoms with E-state index in [1.165, 1.54) is 12.0 Å². The van der Waals surface area contributed by atoms with E-state index in [2.05, 4.69) is 13.8 Å². The topological polar surface area (TPSA) is 17.1 Å².